The summed E-state index contributed by atoms with van der Waals surface area (Å²) >= 11 is 0. The van der Waals surface area contributed by atoms with Crippen LogP contribution < -0.4 is 9.64 Å². The fraction of sp³-hybridized carbons (Fsp3) is 0.389. The van der Waals surface area contributed by atoms with E-state index in [1.54, 1.807) is 6.07 Å². The van der Waals surface area contributed by atoms with Gasteiger partial charge in [-0.3, -0.25) is 10.1 Å². The predicted octanol–water partition coefficient (Wildman–Crippen LogP) is 3.35. The lowest BCUT2D eigenvalue weighted by Crippen LogP contribution is -2.50. The van der Waals surface area contributed by atoms with Gasteiger partial charge in [0, 0.05) is 32.0 Å². The first-order valence-electron chi connectivity index (χ1n) is 8.28. The Labute approximate surface area is 140 Å². The van der Waals surface area contributed by atoms with Crippen LogP contribution in [0.15, 0.2) is 42.6 Å². The number of pyridine rings is 1. The summed E-state index contributed by atoms with van der Waals surface area (Å²) in [7, 11) is 0. The van der Waals surface area contributed by atoms with E-state index in [4.69, 9.17) is 4.74 Å². The van der Waals surface area contributed by atoms with E-state index in [2.05, 4.69) is 28.1 Å². The second kappa shape index (κ2) is 5.78. The fourth-order valence-electron chi connectivity index (χ4n) is 3.63. The van der Waals surface area contributed by atoms with Crippen LogP contribution in [0.5, 0.6) is 5.75 Å². The van der Waals surface area contributed by atoms with Gasteiger partial charge in [0.1, 0.15) is 23.4 Å². The second-order valence-electron chi connectivity index (χ2n) is 6.51. The Morgan fingerprint density at radius 3 is 2.62 bits per heavy atom. The van der Waals surface area contributed by atoms with E-state index >= 15 is 0 Å². The lowest BCUT2D eigenvalue weighted by Gasteiger charge is -2.44. The summed E-state index contributed by atoms with van der Waals surface area (Å²) in [4.78, 5) is 16.7. The Hall–Kier alpha value is -2.63. The molecule has 0 unspecified atom stereocenters. The van der Waals surface area contributed by atoms with Crippen molar-refractivity contribution in [2.45, 2.75) is 31.3 Å². The van der Waals surface area contributed by atoms with Gasteiger partial charge in [-0.1, -0.05) is 18.2 Å². The van der Waals surface area contributed by atoms with Crippen LogP contribution in [0, 0.1) is 10.1 Å². The number of benzene rings is 1. The maximum atomic E-state index is 10.7. The molecule has 0 radical (unpaired) electrons. The summed E-state index contributed by atoms with van der Waals surface area (Å²) in [5.74, 6) is 1.82. The summed E-state index contributed by atoms with van der Waals surface area (Å²) in [5, 5.41) is 10.7. The van der Waals surface area contributed by atoms with Gasteiger partial charge in [0.05, 0.1) is 4.92 Å². The zero-order chi connectivity index (χ0) is 16.6. The van der Waals surface area contributed by atoms with Crippen LogP contribution in [0.2, 0.25) is 0 Å². The number of nitrogens with zero attached hydrogens (tertiary/aromatic N) is 3. The van der Waals surface area contributed by atoms with Crippen LogP contribution in [-0.4, -0.2) is 28.6 Å². The summed E-state index contributed by atoms with van der Waals surface area (Å²) in [6, 6.07) is 11.5. The van der Waals surface area contributed by atoms with Gasteiger partial charge in [0.2, 0.25) is 0 Å². The van der Waals surface area contributed by atoms with Gasteiger partial charge in [-0.15, -0.1) is 0 Å². The van der Waals surface area contributed by atoms with Gasteiger partial charge in [-0.25, -0.2) is 4.98 Å². The molecule has 2 aliphatic rings. The number of piperidine rings is 1. The third-order valence-electron chi connectivity index (χ3n) is 5.09. The Kier molecular flexibility index (Phi) is 3.59. The molecule has 6 nitrogen and oxygen atoms in total. The SMILES string of the molecule is O=[N+]([O-])c1ccc(N2CCC3(CCc4ccccc4O3)CC2)nc1. The Balaban J connectivity index is 1.44. The van der Waals surface area contributed by atoms with E-state index in [-0.39, 0.29) is 11.3 Å². The molecule has 1 aromatic heterocycles. The molecule has 2 aliphatic heterocycles. The van der Waals surface area contributed by atoms with Crippen molar-refractivity contribution in [1.82, 2.24) is 4.98 Å². The second-order valence-corrected chi connectivity index (χ2v) is 6.51. The zero-order valence-corrected chi connectivity index (χ0v) is 13.4. The Bertz CT molecular complexity index is 752. The maximum Gasteiger partial charge on any atom is 0.287 e. The minimum atomic E-state index is -0.421. The van der Waals surface area contributed by atoms with Crippen molar-refractivity contribution in [3.8, 4) is 5.75 Å². The number of fused-ring (bicyclic) bond motifs is 1. The van der Waals surface area contributed by atoms with Crippen LogP contribution in [0.3, 0.4) is 0 Å². The number of hydrogen-bond acceptors (Lipinski definition) is 5. The summed E-state index contributed by atoms with van der Waals surface area (Å²) in [6.07, 6.45) is 5.32. The highest BCUT2D eigenvalue weighted by Gasteiger charge is 2.39. The van der Waals surface area contributed by atoms with Crippen LogP contribution in [-0.2, 0) is 6.42 Å². The molecule has 0 aliphatic carbocycles. The van der Waals surface area contributed by atoms with E-state index in [1.165, 1.54) is 17.8 Å². The highest BCUT2D eigenvalue weighted by Crippen LogP contribution is 2.39. The zero-order valence-electron chi connectivity index (χ0n) is 13.4. The number of para-hydroxylation sites is 1. The average molecular weight is 325 g/mol. The predicted molar refractivity (Wildman–Crippen MR) is 90.5 cm³/mol. The molecule has 0 saturated carbocycles. The minimum Gasteiger partial charge on any atom is -0.487 e. The number of ether oxygens (including phenoxy) is 1. The van der Waals surface area contributed by atoms with E-state index < -0.39 is 4.92 Å². The number of aromatic nitrogens is 1. The van der Waals surface area contributed by atoms with Gasteiger partial charge in [0.15, 0.2) is 0 Å². The molecule has 4 rings (SSSR count). The van der Waals surface area contributed by atoms with Crippen LogP contribution in [0.25, 0.3) is 0 Å². The number of rotatable bonds is 2. The molecule has 0 bridgehead atoms. The first-order chi connectivity index (χ1) is 11.7. The number of anilines is 1. The molecule has 0 atom stereocenters. The molecule has 2 aromatic rings. The third-order valence-corrected chi connectivity index (χ3v) is 5.09. The van der Waals surface area contributed by atoms with Crippen LogP contribution >= 0.6 is 0 Å². The molecular weight excluding hydrogens is 306 g/mol. The first-order valence-corrected chi connectivity index (χ1v) is 8.28. The number of hydrogen-bond donors (Lipinski definition) is 0. The van der Waals surface area contributed by atoms with Gasteiger partial charge in [0.25, 0.3) is 5.69 Å². The molecule has 1 spiro atoms. The van der Waals surface area contributed by atoms with Crippen molar-refractivity contribution in [3.05, 3.63) is 58.3 Å². The van der Waals surface area contributed by atoms with E-state index in [1.807, 2.05) is 6.07 Å². The van der Waals surface area contributed by atoms with Crippen LogP contribution in [0.1, 0.15) is 24.8 Å². The molecule has 6 heteroatoms. The van der Waals surface area contributed by atoms with Crippen molar-refractivity contribution in [1.29, 1.82) is 0 Å². The summed E-state index contributed by atoms with van der Waals surface area (Å²) < 4.78 is 6.36. The summed E-state index contributed by atoms with van der Waals surface area (Å²) in [5.41, 5.74) is 1.24. The maximum absolute atomic E-state index is 10.7. The molecule has 3 heterocycles. The topological polar surface area (TPSA) is 68.5 Å². The molecule has 0 amide bonds. The molecule has 24 heavy (non-hydrogen) atoms. The molecule has 0 N–H and O–H groups in total. The van der Waals surface area contributed by atoms with Crippen molar-refractivity contribution in [2.24, 2.45) is 0 Å². The van der Waals surface area contributed by atoms with E-state index in [9.17, 15) is 10.1 Å². The van der Waals surface area contributed by atoms with Gasteiger partial charge in [-0.05, 0) is 30.5 Å². The van der Waals surface area contributed by atoms with E-state index in [0.29, 0.717) is 0 Å². The van der Waals surface area contributed by atoms with Crippen molar-refractivity contribution in [2.75, 3.05) is 18.0 Å². The summed E-state index contributed by atoms with van der Waals surface area (Å²) in [6.45, 7) is 1.71. The Morgan fingerprint density at radius 1 is 1.12 bits per heavy atom. The smallest absolute Gasteiger partial charge is 0.287 e. The van der Waals surface area contributed by atoms with Gasteiger partial charge < -0.3 is 9.64 Å². The highest BCUT2D eigenvalue weighted by atomic mass is 16.6. The van der Waals surface area contributed by atoms with Crippen molar-refractivity contribution < 1.29 is 9.66 Å². The first kappa shape index (κ1) is 14.9. The molecular formula is C18H19N3O3. The fourth-order valence-corrected chi connectivity index (χ4v) is 3.63. The lowest BCUT2D eigenvalue weighted by molar-refractivity contribution is -0.385. The van der Waals surface area contributed by atoms with E-state index in [0.717, 1.165) is 50.3 Å². The largest absolute Gasteiger partial charge is 0.487 e. The quantitative estimate of drug-likeness (QED) is 0.625. The molecule has 1 fully saturated rings. The average Bonchev–Trinajstić information content (AvgIpc) is 2.62. The molecule has 124 valence electrons. The Morgan fingerprint density at radius 2 is 1.92 bits per heavy atom. The third kappa shape index (κ3) is 2.68. The molecule has 1 aromatic carbocycles. The minimum absolute atomic E-state index is 0.0273. The van der Waals surface area contributed by atoms with Gasteiger partial charge >= 0.3 is 0 Å². The lowest BCUT2D eigenvalue weighted by atomic mass is 9.83. The van der Waals surface area contributed by atoms with Crippen molar-refractivity contribution in [3.63, 3.8) is 0 Å². The number of aryl methyl sites for hydroxylation is 1. The standard InChI is InChI=1S/C18H19N3O3/c22-21(23)15-5-6-17(19-13-15)20-11-9-18(10-12-20)8-7-14-3-1-2-4-16(14)24-18/h1-6,13H,7-12H2. The highest BCUT2D eigenvalue weighted by molar-refractivity contribution is 5.44. The molecule has 1 saturated heterocycles. The van der Waals surface area contributed by atoms with Crippen molar-refractivity contribution >= 4 is 11.5 Å². The number of nitro groups is 1. The van der Waals surface area contributed by atoms with Crippen LogP contribution in [0.4, 0.5) is 11.5 Å². The normalized spacial score (nSPS) is 18.8. The van der Waals surface area contributed by atoms with Gasteiger partial charge in [-0.2, -0.15) is 0 Å². The monoisotopic (exact) mass is 325 g/mol.